The Kier molecular flexibility index (Phi) is 5.38. The third kappa shape index (κ3) is 3.68. The summed E-state index contributed by atoms with van der Waals surface area (Å²) in [6.45, 7) is 0. The van der Waals surface area contributed by atoms with Gasteiger partial charge in [-0.15, -0.1) is 0 Å². The van der Waals surface area contributed by atoms with Crippen molar-refractivity contribution in [2.24, 2.45) is 0 Å². The topological polar surface area (TPSA) is 0 Å². The van der Waals surface area contributed by atoms with Gasteiger partial charge in [0.25, 0.3) is 0 Å². The summed E-state index contributed by atoms with van der Waals surface area (Å²) < 4.78 is 0. The molecule has 0 bridgehead atoms. The van der Waals surface area contributed by atoms with Crippen molar-refractivity contribution < 1.29 is 0 Å². The molecule has 0 N–H and O–H groups in total. The molecular weight excluding hydrogens is 553 g/mol. The summed E-state index contributed by atoms with van der Waals surface area (Å²) in [5.41, 5.74) is 7.61. The van der Waals surface area contributed by atoms with Crippen LogP contribution in [0, 0.1) is 0 Å². The zero-order chi connectivity index (χ0) is 30.2. The molecule has 0 saturated heterocycles. The summed E-state index contributed by atoms with van der Waals surface area (Å²) in [6.07, 6.45) is 0. The molecule has 0 amide bonds. The zero-order valence-corrected chi connectivity index (χ0v) is 25.2. The highest BCUT2D eigenvalue weighted by molar-refractivity contribution is 6.26. The molecule has 0 radical (unpaired) electrons. The highest BCUT2D eigenvalue weighted by Crippen LogP contribution is 2.45. The van der Waals surface area contributed by atoms with Crippen LogP contribution in [0.3, 0.4) is 0 Å². The molecule has 0 heterocycles. The van der Waals surface area contributed by atoms with Crippen LogP contribution in [0.15, 0.2) is 170 Å². The summed E-state index contributed by atoms with van der Waals surface area (Å²) >= 11 is 0. The number of fused-ring (bicyclic) bond motifs is 3. The van der Waals surface area contributed by atoms with Crippen molar-refractivity contribution >= 4 is 64.6 Å². The molecular formula is C46H28. The standard InChI is InChI=1S/C46H28/c1-2-9-30(10-3-1)44-38-13-4-6-15-40(38)45(41-16-7-5-14-39(41)44)35-22-18-29-17-21-34(27-36(29)28-35)37-25-23-33-20-19-31-11-8-12-32-24-26-42(37)46(33)43(31)32/h1-28H. The van der Waals surface area contributed by atoms with E-state index in [1.807, 2.05) is 0 Å². The van der Waals surface area contributed by atoms with Gasteiger partial charge >= 0.3 is 0 Å². The molecule has 0 saturated carbocycles. The van der Waals surface area contributed by atoms with Gasteiger partial charge in [0.05, 0.1) is 0 Å². The van der Waals surface area contributed by atoms with Crippen molar-refractivity contribution in [1.82, 2.24) is 0 Å². The predicted molar refractivity (Wildman–Crippen MR) is 199 cm³/mol. The average Bonchev–Trinajstić information content (AvgIpc) is 3.12. The van der Waals surface area contributed by atoms with Crippen LogP contribution in [0.1, 0.15) is 0 Å². The molecule has 0 aromatic heterocycles. The first-order valence-electron chi connectivity index (χ1n) is 16.0. The van der Waals surface area contributed by atoms with Crippen LogP contribution in [0.2, 0.25) is 0 Å². The Hall–Kier alpha value is -5.98. The van der Waals surface area contributed by atoms with E-state index in [1.165, 1.54) is 98.0 Å². The van der Waals surface area contributed by atoms with Gasteiger partial charge in [-0.25, -0.2) is 0 Å². The quantitative estimate of drug-likeness (QED) is 0.144. The van der Waals surface area contributed by atoms with E-state index in [9.17, 15) is 0 Å². The summed E-state index contributed by atoms with van der Waals surface area (Å²) in [6, 6.07) is 62.8. The van der Waals surface area contributed by atoms with Gasteiger partial charge in [0.15, 0.2) is 0 Å². The molecule has 0 atom stereocenters. The first-order valence-corrected chi connectivity index (χ1v) is 16.0. The second-order valence-electron chi connectivity index (χ2n) is 12.5. The Balaban J connectivity index is 1.21. The lowest BCUT2D eigenvalue weighted by Gasteiger charge is -2.18. The van der Waals surface area contributed by atoms with Crippen molar-refractivity contribution in [2.75, 3.05) is 0 Å². The molecule has 0 unspecified atom stereocenters. The summed E-state index contributed by atoms with van der Waals surface area (Å²) in [5.74, 6) is 0. The Morgan fingerprint density at radius 1 is 0.239 bits per heavy atom. The maximum atomic E-state index is 2.39. The molecule has 10 rings (SSSR count). The van der Waals surface area contributed by atoms with Gasteiger partial charge in [-0.3, -0.25) is 0 Å². The minimum absolute atomic E-state index is 1.24. The fourth-order valence-corrected chi connectivity index (χ4v) is 7.91. The Labute approximate surface area is 267 Å². The van der Waals surface area contributed by atoms with Crippen molar-refractivity contribution in [2.45, 2.75) is 0 Å². The normalized spacial score (nSPS) is 11.9. The number of hydrogen-bond donors (Lipinski definition) is 0. The molecule has 212 valence electrons. The lowest BCUT2D eigenvalue weighted by molar-refractivity contribution is 1.66. The molecule has 0 spiro atoms. The van der Waals surface area contributed by atoms with E-state index in [4.69, 9.17) is 0 Å². The van der Waals surface area contributed by atoms with Gasteiger partial charge < -0.3 is 0 Å². The lowest BCUT2D eigenvalue weighted by atomic mass is 9.85. The molecule has 10 aromatic carbocycles. The Bertz CT molecular complexity index is 2710. The molecule has 0 heteroatoms. The van der Waals surface area contributed by atoms with Gasteiger partial charge in [-0.05, 0) is 110 Å². The maximum absolute atomic E-state index is 2.39. The van der Waals surface area contributed by atoms with Gasteiger partial charge in [-0.2, -0.15) is 0 Å². The van der Waals surface area contributed by atoms with Crippen molar-refractivity contribution in [3.8, 4) is 33.4 Å². The van der Waals surface area contributed by atoms with E-state index in [1.54, 1.807) is 0 Å². The van der Waals surface area contributed by atoms with E-state index in [-0.39, 0.29) is 0 Å². The number of rotatable bonds is 3. The van der Waals surface area contributed by atoms with Gasteiger partial charge in [-0.1, -0.05) is 158 Å². The van der Waals surface area contributed by atoms with Crippen LogP contribution >= 0.6 is 0 Å². The second kappa shape index (κ2) is 9.76. The van der Waals surface area contributed by atoms with E-state index in [2.05, 4.69) is 170 Å². The van der Waals surface area contributed by atoms with Crippen LogP contribution in [-0.2, 0) is 0 Å². The smallest absolute Gasteiger partial charge is 0.00206 e. The zero-order valence-electron chi connectivity index (χ0n) is 25.2. The fourth-order valence-electron chi connectivity index (χ4n) is 7.91. The van der Waals surface area contributed by atoms with E-state index in [0.717, 1.165) is 0 Å². The predicted octanol–water partition coefficient (Wildman–Crippen LogP) is 13.0. The van der Waals surface area contributed by atoms with Crippen LogP contribution in [0.5, 0.6) is 0 Å². The lowest BCUT2D eigenvalue weighted by Crippen LogP contribution is -1.91. The summed E-state index contributed by atoms with van der Waals surface area (Å²) in [7, 11) is 0. The van der Waals surface area contributed by atoms with Gasteiger partial charge in [0, 0.05) is 0 Å². The SMILES string of the molecule is c1ccc(-c2c3ccccc3c(-c3ccc4ccc(-c5ccc6ccc7cccc8ccc5c6c78)cc4c3)c3ccccc23)cc1. The Morgan fingerprint density at radius 3 is 1.41 bits per heavy atom. The fraction of sp³-hybridized carbons (Fsp3) is 0. The number of benzene rings is 10. The van der Waals surface area contributed by atoms with Gasteiger partial charge in [0.2, 0.25) is 0 Å². The van der Waals surface area contributed by atoms with Crippen molar-refractivity contribution in [1.29, 1.82) is 0 Å². The highest BCUT2D eigenvalue weighted by atomic mass is 14.2. The summed E-state index contributed by atoms with van der Waals surface area (Å²) in [5, 5.41) is 15.6. The first kappa shape index (κ1) is 25.4. The van der Waals surface area contributed by atoms with Crippen LogP contribution in [0.4, 0.5) is 0 Å². The van der Waals surface area contributed by atoms with Crippen LogP contribution < -0.4 is 0 Å². The monoisotopic (exact) mass is 580 g/mol. The summed E-state index contributed by atoms with van der Waals surface area (Å²) in [4.78, 5) is 0. The largest absolute Gasteiger partial charge is 0.0622 e. The molecule has 0 aliphatic rings. The number of hydrogen-bond acceptors (Lipinski definition) is 0. The van der Waals surface area contributed by atoms with Crippen LogP contribution in [0.25, 0.3) is 98.0 Å². The Morgan fingerprint density at radius 2 is 0.739 bits per heavy atom. The molecule has 46 heavy (non-hydrogen) atoms. The van der Waals surface area contributed by atoms with Crippen molar-refractivity contribution in [3.05, 3.63) is 170 Å². The van der Waals surface area contributed by atoms with E-state index < -0.39 is 0 Å². The van der Waals surface area contributed by atoms with Crippen LogP contribution in [-0.4, -0.2) is 0 Å². The maximum Gasteiger partial charge on any atom is -0.00206 e. The highest BCUT2D eigenvalue weighted by Gasteiger charge is 2.17. The molecule has 0 nitrogen and oxygen atoms in total. The molecule has 10 aromatic rings. The minimum atomic E-state index is 1.24. The third-order valence-corrected chi connectivity index (χ3v) is 9.96. The van der Waals surface area contributed by atoms with Gasteiger partial charge in [0.1, 0.15) is 0 Å². The third-order valence-electron chi connectivity index (χ3n) is 9.96. The average molecular weight is 581 g/mol. The first-order chi connectivity index (χ1) is 22.8. The minimum Gasteiger partial charge on any atom is -0.0622 e. The molecule has 0 aliphatic carbocycles. The van der Waals surface area contributed by atoms with E-state index in [0.29, 0.717) is 0 Å². The van der Waals surface area contributed by atoms with Crippen molar-refractivity contribution in [3.63, 3.8) is 0 Å². The van der Waals surface area contributed by atoms with E-state index >= 15 is 0 Å². The molecule has 0 aliphatic heterocycles. The second-order valence-corrected chi connectivity index (χ2v) is 12.5. The molecule has 0 fully saturated rings.